The highest BCUT2D eigenvalue weighted by Gasteiger charge is 2.25. The van der Waals surface area contributed by atoms with Crippen molar-refractivity contribution in [3.8, 4) is 0 Å². The van der Waals surface area contributed by atoms with Crippen molar-refractivity contribution in [2.75, 3.05) is 0 Å². The van der Waals surface area contributed by atoms with Crippen LogP contribution in [0.1, 0.15) is 55.3 Å². The van der Waals surface area contributed by atoms with Gasteiger partial charge in [-0.3, -0.25) is 9.59 Å². The van der Waals surface area contributed by atoms with Crippen molar-refractivity contribution < 1.29 is 14.3 Å². The van der Waals surface area contributed by atoms with Crippen LogP contribution in [-0.2, 0) is 27.2 Å². The van der Waals surface area contributed by atoms with E-state index in [4.69, 9.17) is 4.74 Å². The molecule has 4 rings (SSSR count). The smallest absolute Gasteiger partial charge is 0.306 e. The Morgan fingerprint density at radius 2 is 1.97 bits per heavy atom. The van der Waals surface area contributed by atoms with Crippen LogP contribution in [0, 0.1) is 0 Å². The fourth-order valence-corrected chi connectivity index (χ4v) is 4.26. The van der Waals surface area contributed by atoms with Gasteiger partial charge in [-0.2, -0.15) is 0 Å². The predicted octanol–water partition coefficient (Wildman–Crippen LogP) is 4.62. The van der Waals surface area contributed by atoms with E-state index < -0.39 is 6.10 Å². The van der Waals surface area contributed by atoms with Gasteiger partial charge < -0.3 is 15.0 Å². The molecular formula is C25H28N2O3. The van der Waals surface area contributed by atoms with E-state index in [1.165, 1.54) is 22.1 Å². The number of carbonyl (C=O) groups excluding carboxylic acids is 2. The van der Waals surface area contributed by atoms with Crippen LogP contribution in [0.15, 0.2) is 54.7 Å². The Balaban J connectivity index is 1.25. The van der Waals surface area contributed by atoms with E-state index >= 15 is 0 Å². The maximum absolute atomic E-state index is 12.6. The van der Waals surface area contributed by atoms with E-state index in [0.29, 0.717) is 12.8 Å². The molecule has 2 atom stereocenters. The molecule has 0 bridgehead atoms. The SMILES string of the molecule is C[C@@H](OC(=O)CCCc1c[nH]c2ccccc12)C(=O)N[C@H]1CCCc2ccccc21. The molecule has 30 heavy (non-hydrogen) atoms. The van der Waals surface area contributed by atoms with E-state index in [2.05, 4.69) is 28.5 Å². The molecular weight excluding hydrogens is 376 g/mol. The normalized spacial score (nSPS) is 16.6. The highest BCUT2D eigenvalue weighted by Crippen LogP contribution is 2.29. The van der Waals surface area contributed by atoms with Crippen molar-refractivity contribution in [1.29, 1.82) is 0 Å². The summed E-state index contributed by atoms with van der Waals surface area (Å²) in [7, 11) is 0. The van der Waals surface area contributed by atoms with Crippen molar-refractivity contribution in [2.45, 2.75) is 57.6 Å². The molecule has 2 N–H and O–H groups in total. The van der Waals surface area contributed by atoms with Crippen molar-refractivity contribution in [3.63, 3.8) is 0 Å². The van der Waals surface area contributed by atoms with Crippen LogP contribution in [-0.4, -0.2) is 23.0 Å². The van der Waals surface area contributed by atoms with Gasteiger partial charge in [-0.15, -0.1) is 0 Å². The van der Waals surface area contributed by atoms with Crippen LogP contribution in [0.25, 0.3) is 10.9 Å². The first-order valence-electron chi connectivity index (χ1n) is 10.7. The number of nitrogens with one attached hydrogen (secondary N) is 2. The Hall–Kier alpha value is -3.08. The van der Waals surface area contributed by atoms with Gasteiger partial charge in [0.15, 0.2) is 6.10 Å². The van der Waals surface area contributed by atoms with Gasteiger partial charge in [-0.05, 0) is 61.8 Å². The number of esters is 1. The van der Waals surface area contributed by atoms with Gasteiger partial charge in [0.1, 0.15) is 0 Å². The second-order valence-electron chi connectivity index (χ2n) is 8.00. The van der Waals surface area contributed by atoms with Crippen LogP contribution in [0.5, 0.6) is 0 Å². The molecule has 1 heterocycles. The number of hydrogen-bond acceptors (Lipinski definition) is 3. The first-order chi connectivity index (χ1) is 14.6. The first-order valence-corrected chi connectivity index (χ1v) is 10.7. The zero-order valence-corrected chi connectivity index (χ0v) is 17.3. The molecule has 0 fully saturated rings. The van der Waals surface area contributed by atoms with Gasteiger partial charge in [0.2, 0.25) is 0 Å². The highest BCUT2D eigenvalue weighted by molar-refractivity contribution is 5.84. The summed E-state index contributed by atoms with van der Waals surface area (Å²) in [4.78, 5) is 28.1. The number of H-pyrrole nitrogens is 1. The molecule has 1 aromatic heterocycles. The molecule has 5 heteroatoms. The molecule has 2 aromatic carbocycles. The summed E-state index contributed by atoms with van der Waals surface area (Å²) in [6, 6.07) is 16.3. The van der Waals surface area contributed by atoms with Gasteiger partial charge in [-0.25, -0.2) is 0 Å². The number of aromatic nitrogens is 1. The van der Waals surface area contributed by atoms with E-state index in [1.54, 1.807) is 6.92 Å². The number of rotatable bonds is 7. The summed E-state index contributed by atoms with van der Waals surface area (Å²) < 4.78 is 5.39. The van der Waals surface area contributed by atoms with Gasteiger partial charge in [-0.1, -0.05) is 42.5 Å². The van der Waals surface area contributed by atoms with Crippen LogP contribution in [0.2, 0.25) is 0 Å². The van der Waals surface area contributed by atoms with Crippen LogP contribution >= 0.6 is 0 Å². The van der Waals surface area contributed by atoms with Crippen LogP contribution in [0.4, 0.5) is 0 Å². The fourth-order valence-electron chi connectivity index (χ4n) is 4.26. The van der Waals surface area contributed by atoms with E-state index in [1.807, 2.05) is 36.5 Å². The van der Waals surface area contributed by atoms with E-state index in [9.17, 15) is 9.59 Å². The van der Waals surface area contributed by atoms with Crippen LogP contribution in [0.3, 0.4) is 0 Å². The summed E-state index contributed by atoms with van der Waals surface area (Å²) in [6.07, 6.45) is 5.97. The molecule has 0 radical (unpaired) electrons. The lowest BCUT2D eigenvalue weighted by molar-refractivity contribution is -0.155. The number of benzene rings is 2. The zero-order chi connectivity index (χ0) is 20.9. The number of hydrogen-bond donors (Lipinski definition) is 2. The molecule has 5 nitrogen and oxygen atoms in total. The lowest BCUT2D eigenvalue weighted by Gasteiger charge is -2.27. The largest absolute Gasteiger partial charge is 0.453 e. The average Bonchev–Trinajstić information content (AvgIpc) is 3.17. The topological polar surface area (TPSA) is 71.2 Å². The minimum absolute atomic E-state index is 0.00882. The van der Waals surface area contributed by atoms with Gasteiger partial charge in [0, 0.05) is 23.5 Å². The van der Waals surface area contributed by atoms with Gasteiger partial charge in [0.05, 0.1) is 6.04 Å². The molecule has 0 saturated carbocycles. The van der Waals surface area contributed by atoms with E-state index in [-0.39, 0.29) is 17.9 Å². The second kappa shape index (κ2) is 9.16. The van der Waals surface area contributed by atoms with Gasteiger partial charge >= 0.3 is 5.97 Å². The molecule has 0 saturated heterocycles. The van der Waals surface area contributed by atoms with Crippen LogP contribution < -0.4 is 5.32 Å². The first kappa shape index (κ1) is 20.2. The molecule has 0 aliphatic heterocycles. The third kappa shape index (κ3) is 4.56. The maximum Gasteiger partial charge on any atom is 0.306 e. The zero-order valence-electron chi connectivity index (χ0n) is 17.3. The number of aromatic amines is 1. The monoisotopic (exact) mass is 404 g/mol. The van der Waals surface area contributed by atoms with E-state index in [0.717, 1.165) is 31.2 Å². The number of para-hydroxylation sites is 1. The fraction of sp³-hybridized carbons (Fsp3) is 0.360. The van der Waals surface area contributed by atoms with Gasteiger partial charge in [0.25, 0.3) is 5.91 Å². The summed E-state index contributed by atoms with van der Waals surface area (Å²) in [5.41, 5.74) is 4.76. The molecule has 3 aromatic rings. The molecule has 156 valence electrons. The Morgan fingerprint density at radius 3 is 2.87 bits per heavy atom. The second-order valence-corrected chi connectivity index (χ2v) is 8.00. The summed E-state index contributed by atoms with van der Waals surface area (Å²) in [5.74, 6) is -0.566. The van der Waals surface area contributed by atoms with Crippen molar-refractivity contribution in [1.82, 2.24) is 10.3 Å². The minimum atomic E-state index is -0.792. The maximum atomic E-state index is 12.6. The predicted molar refractivity (Wildman–Crippen MR) is 117 cm³/mol. The third-order valence-electron chi connectivity index (χ3n) is 5.87. The quantitative estimate of drug-likeness (QED) is 0.565. The molecule has 0 spiro atoms. The number of ether oxygens (including phenoxy) is 1. The minimum Gasteiger partial charge on any atom is -0.453 e. The van der Waals surface area contributed by atoms with Crippen molar-refractivity contribution in [3.05, 3.63) is 71.4 Å². The third-order valence-corrected chi connectivity index (χ3v) is 5.87. The number of fused-ring (bicyclic) bond motifs is 2. The summed E-state index contributed by atoms with van der Waals surface area (Å²) in [6.45, 7) is 1.64. The Bertz CT molecular complexity index is 1040. The Kier molecular flexibility index (Phi) is 6.17. The van der Waals surface area contributed by atoms with Crippen molar-refractivity contribution >= 4 is 22.8 Å². The summed E-state index contributed by atoms with van der Waals surface area (Å²) >= 11 is 0. The molecule has 1 amide bonds. The lowest BCUT2D eigenvalue weighted by Crippen LogP contribution is -2.39. The summed E-state index contributed by atoms with van der Waals surface area (Å²) in [5, 5.41) is 4.24. The lowest BCUT2D eigenvalue weighted by atomic mass is 9.87. The average molecular weight is 405 g/mol. The molecule has 1 aliphatic rings. The van der Waals surface area contributed by atoms with Crippen molar-refractivity contribution in [2.24, 2.45) is 0 Å². The molecule has 1 aliphatic carbocycles. The number of amides is 1. The Morgan fingerprint density at radius 1 is 1.17 bits per heavy atom. The Labute approximate surface area is 176 Å². The standard InChI is InChI=1S/C25H28N2O3/c1-17(25(29)27-23-14-6-9-18-8-2-3-11-20(18)23)30-24(28)15-7-10-19-16-26-22-13-5-4-12-21(19)22/h2-5,8,11-13,16-17,23,26H,6-7,9-10,14-15H2,1H3,(H,27,29)/t17-,23+/m1/s1. The number of carbonyl (C=O) groups is 2. The number of aryl methyl sites for hydroxylation is 2. The highest BCUT2D eigenvalue weighted by atomic mass is 16.5. The molecule has 0 unspecified atom stereocenters.